The highest BCUT2D eigenvalue weighted by atomic mass is 19.1. The number of carbonyl (C=O) groups is 2. The van der Waals surface area contributed by atoms with Crippen LogP contribution in [0.25, 0.3) is 0 Å². The van der Waals surface area contributed by atoms with E-state index in [-0.39, 0.29) is 0 Å². The second kappa shape index (κ2) is 5.23. The Morgan fingerprint density at radius 3 is 2.46 bits per heavy atom. The molecule has 2 aliphatic rings. The molecule has 24 heavy (non-hydrogen) atoms. The third-order valence-electron chi connectivity index (χ3n) is 4.13. The zero-order valence-electron chi connectivity index (χ0n) is 12.8. The van der Waals surface area contributed by atoms with Gasteiger partial charge in [0.05, 0.1) is 11.4 Å². The van der Waals surface area contributed by atoms with Crippen LogP contribution in [-0.2, 0) is 9.59 Å². The maximum atomic E-state index is 13.1. The molecule has 1 fully saturated rings. The van der Waals surface area contributed by atoms with E-state index < -0.39 is 29.7 Å². The first-order chi connectivity index (χ1) is 11.6. The van der Waals surface area contributed by atoms with Crippen molar-refractivity contribution in [3.05, 3.63) is 59.9 Å². The standard InChI is InChI=1S/C17H13FN4O2/c1-10-3-2-4-13(9-10)22-15-14(19-20-22)16(23)21(17(15)24)12-7-5-11(18)6-8-12/h2-9,14-15H,1H3/t14-,15+/m0/s1. The third kappa shape index (κ3) is 2.09. The highest BCUT2D eigenvalue weighted by molar-refractivity contribution is 6.26. The lowest BCUT2D eigenvalue weighted by Crippen LogP contribution is -2.39. The van der Waals surface area contributed by atoms with Gasteiger partial charge in [0.25, 0.3) is 11.8 Å². The molecule has 2 aliphatic heterocycles. The summed E-state index contributed by atoms with van der Waals surface area (Å²) in [5.41, 5.74) is 2.05. The van der Waals surface area contributed by atoms with Gasteiger partial charge in [0.2, 0.25) is 0 Å². The lowest BCUT2D eigenvalue weighted by molar-refractivity contribution is -0.121. The molecule has 2 amide bonds. The minimum Gasteiger partial charge on any atom is -0.271 e. The Labute approximate surface area is 137 Å². The van der Waals surface area contributed by atoms with E-state index in [1.54, 1.807) is 0 Å². The van der Waals surface area contributed by atoms with E-state index in [0.29, 0.717) is 11.4 Å². The van der Waals surface area contributed by atoms with Crippen LogP contribution in [0.15, 0.2) is 58.9 Å². The van der Waals surface area contributed by atoms with Crippen LogP contribution in [0, 0.1) is 12.7 Å². The fraction of sp³-hybridized carbons (Fsp3) is 0.176. The molecule has 120 valence electrons. The molecule has 4 rings (SSSR count). The summed E-state index contributed by atoms with van der Waals surface area (Å²) in [5, 5.41) is 9.45. The summed E-state index contributed by atoms with van der Waals surface area (Å²) in [7, 11) is 0. The lowest BCUT2D eigenvalue weighted by atomic mass is 10.1. The Hall–Kier alpha value is -3.09. The van der Waals surface area contributed by atoms with Crippen molar-refractivity contribution in [1.29, 1.82) is 0 Å². The van der Waals surface area contributed by atoms with Crippen LogP contribution < -0.4 is 9.91 Å². The van der Waals surface area contributed by atoms with E-state index >= 15 is 0 Å². The number of amides is 2. The van der Waals surface area contributed by atoms with Crippen LogP contribution in [0.1, 0.15) is 5.56 Å². The number of fused-ring (bicyclic) bond motifs is 1. The molecule has 0 N–H and O–H groups in total. The van der Waals surface area contributed by atoms with Gasteiger partial charge in [-0.3, -0.25) is 9.59 Å². The Morgan fingerprint density at radius 1 is 1.00 bits per heavy atom. The predicted octanol–water partition coefficient (Wildman–Crippen LogP) is 2.63. The molecule has 0 radical (unpaired) electrons. The summed E-state index contributed by atoms with van der Waals surface area (Å²) in [6.45, 7) is 1.93. The largest absolute Gasteiger partial charge is 0.271 e. The molecule has 0 bridgehead atoms. The van der Waals surface area contributed by atoms with E-state index in [4.69, 9.17) is 0 Å². The van der Waals surface area contributed by atoms with Gasteiger partial charge in [-0.15, -0.1) is 0 Å². The number of nitrogens with zero attached hydrogens (tertiary/aromatic N) is 4. The molecule has 2 heterocycles. The number of hydrogen-bond acceptors (Lipinski definition) is 5. The molecule has 6 nitrogen and oxygen atoms in total. The highest BCUT2D eigenvalue weighted by Gasteiger charge is 2.55. The van der Waals surface area contributed by atoms with E-state index in [9.17, 15) is 14.0 Å². The van der Waals surface area contributed by atoms with Crippen molar-refractivity contribution >= 4 is 23.2 Å². The second-order valence-corrected chi connectivity index (χ2v) is 5.77. The number of imide groups is 1. The SMILES string of the molecule is Cc1cccc(N2N=N[C@@H]3C(=O)N(c4ccc(F)cc4)C(=O)[C@@H]32)c1. The van der Waals surface area contributed by atoms with Crippen LogP contribution in [0.5, 0.6) is 0 Å². The first-order valence-corrected chi connectivity index (χ1v) is 7.46. The van der Waals surface area contributed by atoms with Gasteiger partial charge in [-0.25, -0.2) is 14.3 Å². The normalized spacial score (nSPS) is 22.4. The van der Waals surface area contributed by atoms with Gasteiger partial charge in [-0.05, 0) is 48.9 Å². The molecule has 2 atom stereocenters. The minimum atomic E-state index is -0.872. The van der Waals surface area contributed by atoms with Gasteiger partial charge in [0, 0.05) is 0 Å². The molecule has 0 saturated carbocycles. The molecule has 2 aromatic carbocycles. The molecule has 0 aromatic heterocycles. The van der Waals surface area contributed by atoms with Gasteiger partial charge in [0.1, 0.15) is 5.82 Å². The summed E-state index contributed by atoms with van der Waals surface area (Å²) in [6, 6.07) is 11.0. The zero-order chi connectivity index (χ0) is 16.8. The molecule has 0 spiro atoms. The van der Waals surface area contributed by atoms with Crippen molar-refractivity contribution in [2.45, 2.75) is 19.0 Å². The summed E-state index contributed by atoms with van der Waals surface area (Å²) in [5.74, 6) is -1.29. The monoisotopic (exact) mass is 324 g/mol. The maximum absolute atomic E-state index is 13.1. The van der Waals surface area contributed by atoms with Crippen molar-refractivity contribution in [2.24, 2.45) is 10.3 Å². The Bertz CT molecular complexity index is 865. The number of halogens is 1. The fourth-order valence-corrected chi connectivity index (χ4v) is 2.99. The summed E-state index contributed by atoms with van der Waals surface area (Å²) < 4.78 is 13.1. The van der Waals surface area contributed by atoms with Crippen molar-refractivity contribution in [3.63, 3.8) is 0 Å². The zero-order valence-corrected chi connectivity index (χ0v) is 12.8. The summed E-state index contributed by atoms with van der Waals surface area (Å²) >= 11 is 0. The maximum Gasteiger partial charge on any atom is 0.263 e. The number of aryl methyl sites for hydroxylation is 1. The Balaban J connectivity index is 1.70. The van der Waals surface area contributed by atoms with Gasteiger partial charge >= 0.3 is 0 Å². The molecule has 7 heteroatoms. The van der Waals surface area contributed by atoms with Crippen molar-refractivity contribution in [1.82, 2.24) is 0 Å². The molecule has 2 aromatic rings. The van der Waals surface area contributed by atoms with Crippen LogP contribution in [0.4, 0.5) is 15.8 Å². The fourth-order valence-electron chi connectivity index (χ4n) is 2.99. The van der Waals surface area contributed by atoms with Gasteiger partial charge in [-0.1, -0.05) is 17.4 Å². The van der Waals surface area contributed by atoms with Gasteiger partial charge in [0.15, 0.2) is 12.1 Å². The van der Waals surface area contributed by atoms with E-state index in [2.05, 4.69) is 10.3 Å². The van der Waals surface area contributed by atoms with Gasteiger partial charge in [-0.2, -0.15) is 5.11 Å². The second-order valence-electron chi connectivity index (χ2n) is 5.77. The highest BCUT2D eigenvalue weighted by Crippen LogP contribution is 2.35. The van der Waals surface area contributed by atoms with Gasteiger partial charge < -0.3 is 0 Å². The lowest BCUT2D eigenvalue weighted by Gasteiger charge is -2.20. The smallest absolute Gasteiger partial charge is 0.263 e. The average molecular weight is 324 g/mol. The van der Waals surface area contributed by atoms with Crippen LogP contribution in [0.2, 0.25) is 0 Å². The van der Waals surface area contributed by atoms with Crippen molar-refractivity contribution < 1.29 is 14.0 Å². The molecular weight excluding hydrogens is 311 g/mol. The first-order valence-electron chi connectivity index (χ1n) is 7.46. The predicted molar refractivity (Wildman–Crippen MR) is 85.0 cm³/mol. The number of carbonyl (C=O) groups excluding carboxylic acids is 2. The first kappa shape index (κ1) is 14.5. The van der Waals surface area contributed by atoms with Crippen LogP contribution in [-0.4, -0.2) is 23.9 Å². The number of anilines is 2. The van der Waals surface area contributed by atoms with Crippen LogP contribution in [0.3, 0.4) is 0 Å². The molecular formula is C17H13FN4O2. The molecule has 1 saturated heterocycles. The quantitative estimate of drug-likeness (QED) is 0.798. The topological polar surface area (TPSA) is 65.3 Å². The van der Waals surface area contributed by atoms with E-state index in [0.717, 1.165) is 10.5 Å². The minimum absolute atomic E-state index is 0.334. The number of rotatable bonds is 2. The Morgan fingerprint density at radius 2 is 1.75 bits per heavy atom. The van der Waals surface area contributed by atoms with Crippen molar-refractivity contribution in [3.8, 4) is 0 Å². The van der Waals surface area contributed by atoms with E-state index in [1.807, 2.05) is 31.2 Å². The van der Waals surface area contributed by atoms with Crippen molar-refractivity contribution in [2.75, 3.05) is 9.91 Å². The molecule has 0 aliphatic carbocycles. The summed E-state index contributed by atoms with van der Waals surface area (Å²) in [6.07, 6.45) is 0. The number of benzene rings is 2. The van der Waals surface area contributed by atoms with E-state index in [1.165, 1.54) is 29.3 Å². The molecule has 0 unspecified atom stereocenters. The van der Waals surface area contributed by atoms with Crippen LogP contribution >= 0.6 is 0 Å². The number of hydrogen-bond donors (Lipinski definition) is 0. The summed E-state index contributed by atoms with van der Waals surface area (Å²) in [4.78, 5) is 26.4. The Kier molecular flexibility index (Phi) is 3.16. The average Bonchev–Trinajstić information content (AvgIpc) is 3.10. The third-order valence-corrected chi connectivity index (χ3v) is 4.13.